The predicted molar refractivity (Wildman–Crippen MR) is 74.1 cm³/mol. The van der Waals surface area contributed by atoms with Crippen molar-refractivity contribution in [2.75, 3.05) is 6.54 Å². The molecular weight excluding hydrogens is 304 g/mol. The average molecular weight is 317 g/mol. The second-order valence-electron chi connectivity index (χ2n) is 3.67. The molecule has 1 unspecified atom stereocenters. The molecular formula is C11H13BrN2O2S. The average Bonchev–Trinajstić information content (AvgIpc) is 2.25. The highest BCUT2D eigenvalue weighted by Gasteiger charge is 2.13. The summed E-state index contributed by atoms with van der Waals surface area (Å²) in [6, 6.07) is 4.69. The van der Waals surface area contributed by atoms with E-state index in [9.17, 15) is 9.90 Å². The SMILES string of the molecule is CC(CNC(=O)c1ccc(Br)cc1O)C(N)=S. The first kappa shape index (κ1) is 13.9. The number of carbonyl (C=O) groups excluding carboxylic acids is 1. The van der Waals surface area contributed by atoms with Gasteiger partial charge in [0.05, 0.1) is 10.6 Å². The lowest BCUT2D eigenvalue weighted by molar-refractivity contribution is 0.0948. The second-order valence-corrected chi connectivity index (χ2v) is 5.06. The summed E-state index contributed by atoms with van der Waals surface area (Å²) in [6.07, 6.45) is 0. The highest BCUT2D eigenvalue weighted by molar-refractivity contribution is 9.10. The van der Waals surface area contributed by atoms with E-state index in [4.69, 9.17) is 18.0 Å². The van der Waals surface area contributed by atoms with E-state index in [1.807, 2.05) is 6.92 Å². The van der Waals surface area contributed by atoms with Crippen LogP contribution in [0.25, 0.3) is 0 Å². The van der Waals surface area contributed by atoms with Gasteiger partial charge in [-0.05, 0) is 18.2 Å². The van der Waals surface area contributed by atoms with Gasteiger partial charge in [0.2, 0.25) is 0 Å². The summed E-state index contributed by atoms with van der Waals surface area (Å²) in [5.41, 5.74) is 5.66. The quantitative estimate of drug-likeness (QED) is 0.740. The summed E-state index contributed by atoms with van der Waals surface area (Å²) >= 11 is 8.00. The van der Waals surface area contributed by atoms with Gasteiger partial charge in [-0.2, -0.15) is 0 Å². The van der Waals surface area contributed by atoms with E-state index in [-0.39, 0.29) is 23.1 Å². The zero-order chi connectivity index (χ0) is 13.0. The van der Waals surface area contributed by atoms with E-state index in [0.717, 1.165) is 0 Å². The van der Waals surface area contributed by atoms with Gasteiger partial charge in [0.25, 0.3) is 5.91 Å². The summed E-state index contributed by atoms with van der Waals surface area (Å²) in [5.74, 6) is -0.496. The summed E-state index contributed by atoms with van der Waals surface area (Å²) in [7, 11) is 0. The molecule has 0 fully saturated rings. The Morgan fingerprint density at radius 3 is 2.82 bits per heavy atom. The minimum absolute atomic E-state index is 0.0696. The van der Waals surface area contributed by atoms with Gasteiger partial charge in [0.15, 0.2) is 0 Å². The molecule has 1 amide bonds. The van der Waals surface area contributed by atoms with Crippen LogP contribution in [0.4, 0.5) is 0 Å². The maximum Gasteiger partial charge on any atom is 0.255 e. The van der Waals surface area contributed by atoms with E-state index < -0.39 is 0 Å². The molecule has 1 atom stereocenters. The number of carbonyl (C=O) groups is 1. The molecule has 0 saturated carbocycles. The molecule has 0 saturated heterocycles. The summed E-state index contributed by atoms with van der Waals surface area (Å²) in [6.45, 7) is 2.17. The van der Waals surface area contributed by atoms with Crippen LogP contribution in [0, 0.1) is 5.92 Å². The van der Waals surface area contributed by atoms with Crippen molar-refractivity contribution in [3.8, 4) is 5.75 Å². The fraction of sp³-hybridized carbons (Fsp3) is 0.273. The van der Waals surface area contributed by atoms with E-state index in [1.165, 1.54) is 6.07 Å². The summed E-state index contributed by atoms with van der Waals surface area (Å²) in [4.78, 5) is 12.1. The van der Waals surface area contributed by atoms with Crippen LogP contribution in [0.5, 0.6) is 5.75 Å². The number of nitrogens with two attached hydrogens (primary N) is 1. The van der Waals surface area contributed by atoms with Crippen LogP contribution in [0.1, 0.15) is 17.3 Å². The molecule has 0 aromatic heterocycles. The molecule has 0 heterocycles. The number of hydrogen-bond acceptors (Lipinski definition) is 3. The number of rotatable bonds is 4. The van der Waals surface area contributed by atoms with Gasteiger partial charge in [-0.1, -0.05) is 35.1 Å². The summed E-state index contributed by atoms with van der Waals surface area (Å²) in [5, 5.41) is 12.3. The molecule has 1 rings (SSSR count). The zero-order valence-electron chi connectivity index (χ0n) is 9.24. The van der Waals surface area contributed by atoms with Crippen molar-refractivity contribution in [1.82, 2.24) is 5.32 Å². The van der Waals surface area contributed by atoms with Crippen LogP contribution in [-0.2, 0) is 0 Å². The number of halogens is 1. The van der Waals surface area contributed by atoms with Crippen molar-refractivity contribution in [3.63, 3.8) is 0 Å². The van der Waals surface area contributed by atoms with Gasteiger partial charge in [0.1, 0.15) is 5.75 Å². The Labute approximate surface area is 113 Å². The monoisotopic (exact) mass is 316 g/mol. The lowest BCUT2D eigenvalue weighted by Gasteiger charge is -2.11. The molecule has 0 aliphatic carbocycles. The largest absolute Gasteiger partial charge is 0.507 e. The fourth-order valence-electron chi connectivity index (χ4n) is 1.14. The third-order valence-corrected chi connectivity index (χ3v) is 3.15. The highest BCUT2D eigenvalue weighted by atomic mass is 79.9. The number of benzene rings is 1. The Balaban J connectivity index is 2.67. The molecule has 0 aliphatic heterocycles. The van der Waals surface area contributed by atoms with Crippen LogP contribution in [0.15, 0.2) is 22.7 Å². The molecule has 4 nitrogen and oxygen atoms in total. The Bertz CT molecular complexity index is 451. The lowest BCUT2D eigenvalue weighted by atomic mass is 10.1. The first-order valence-electron chi connectivity index (χ1n) is 4.98. The van der Waals surface area contributed by atoms with Crippen molar-refractivity contribution >= 4 is 39.0 Å². The van der Waals surface area contributed by atoms with Crippen LogP contribution in [0.3, 0.4) is 0 Å². The van der Waals surface area contributed by atoms with Gasteiger partial charge in [-0.25, -0.2) is 0 Å². The maximum absolute atomic E-state index is 11.7. The second kappa shape index (κ2) is 5.97. The third kappa shape index (κ3) is 3.98. The highest BCUT2D eigenvalue weighted by Crippen LogP contribution is 2.22. The van der Waals surface area contributed by atoms with Crippen LogP contribution < -0.4 is 11.1 Å². The molecule has 0 radical (unpaired) electrons. The van der Waals surface area contributed by atoms with Crippen molar-refractivity contribution in [1.29, 1.82) is 0 Å². The Hall–Kier alpha value is -1.14. The number of aromatic hydroxyl groups is 1. The van der Waals surface area contributed by atoms with Gasteiger partial charge < -0.3 is 16.2 Å². The number of amides is 1. The Morgan fingerprint density at radius 2 is 2.29 bits per heavy atom. The molecule has 92 valence electrons. The number of phenols is 1. The van der Waals surface area contributed by atoms with Gasteiger partial charge in [-0.15, -0.1) is 0 Å². The van der Waals surface area contributed by atoms with Crippen LogP contribution in [0.2, 0.25) is 0 Å². The smallest absolute Gasteiger partial charge is 0.255 e. The first-order chi connectivity index (χ1) is 7.91. The number of phenolic OH excluding ortho intramolecular Hbond substituents is 1. The van der Waals surface area contributed by atoms with E-state index in [2.05, 4.69) is 21.2 Å². The fourth-order valence-corrected chi connectivity index (χ4v) is 1.57. The number of thiocarbonyl (C=S) groups is 1. The lowest BCUT2D eigenvalue weighted by Crippen LogP contribution is -2.33. The third-order valence-electron chi connectivity index (χ3n) is 2.26. The molecule has 1 aromatic rings. The number of nitrogens with one attached hydrogen (secondary N) is 1. The molecule has 0 aliphatic rings. The Morgan fingerprint density at radius 1 is 1.65 bits per heavy atom. The molecule has 1 aromatic carbocycles. The molecule has 0 spiro atoms. The minimum Gasteiger partial charge on any atom is -0.507 e. The minimum atomic E-state index is -0.349. The molecule has 0 bridgehead atoms. The van der Waals surface area contributed by atoms with Crippen LogP contribution in [-0.4, -0.2) is 22.5 Å². The molecule has 17 heavy (non-hydrogen) atoms. The van der Waals surface area contributed by atoms with Crippen molar-refractivity contribution in [2.45, 2.75) is 6.92 Å². The predicted octanol–water partition coefficient (Wildman–Crippen LogP) is 1.81. The van der Waals surface area contributed by atoms with Crippen LogP contribution >= 0.6 is 28.1 Å². The standard InChI is InChI=1S/C11H13BrN2O2S/c1-6(10(13)17)5-14-11(16)8-3-2-7(12)4-9(8)15/h2-4,6,15H,5H2,1H3,(H2,13,17)(H,14,16). The van der Waals surface area contributed by atoms with Gasteiger partial charge in [-0.3, -0.25) is 4.79 Å². The van der Waals surface area contributed by atoms with Crippen molar-refractivity contribution in [3.05, 3.63) is 28.2 Å². The zero-order valence-corrected chi connectivity index (χ0v) is 11.6. The number of hydrogen-bond donors (Lipinski definition) is 3. The van der Waals surface area contributed by atoms with E-state index in [1.54, 1.807) is 12.1 Å². The molecule has 4 N–H and O–H groups in total. The maximum atomic E-state index is 11.7. The summed E-state index contributed by atoms with van der Waals surface area (Å²) < 4.78 is 0.711. The first-order valence-corrected chi connectivity index (χ1v) is 6.18. The van der Waals surface area contributed by atoms with Crippen molar-refractivity contribution < 1.29 is 9.90 Å². The normalized spacial score (nSPS) is 11.9. The van der Waals surface area contributed by atoms with Gasteiger partial charge in [0, 0.05) is 16.9 Å². The van der Waals surface area contributed by atoms with Gasteiger partial charge >= 0.3 is 0 Å². The van der Waals surface area contributed by atoms with E-state index >= 15 is 0 Å². The van der Waals surface area contributed by atoms with E-state index in [0.29, 0.717) is 16.0 Å². The van der Waals surface area contributed by atoms with Crippen molar-refractivity contribution in [2.24, 2.45) is 11.7 Å². The molecule has 6 heteroatoms. The Kier molecular flexibility index (Phi) is 4.89. The topological polar surface area (TPSA) is 75.3 Å².